The van der Waals surface area contributed by atoms with E-state index in [1.54, 1.807) is 6.92 Å². The van der Waals surface area contributed by atoms with Gasteiger partial charge in [0, 0.05) is 12.4 Å². The molecular formula is C13H9Cl2N3O3. The lowest BCUT2D eigenvalue weighted by Crippen LogP contribution is -2.13. The molecule has 0 aliphatic carbocycles. The largest absolute Gasteiger partial charge is 0.464 e. The summed E-state index contributed by atoms with van der Waals surface area (Å²) >= 11 is 11.8. The molecule has 0 saturated heterocycles. The third kappa shape index (κ3) is 3.01. The Morgan fingerprint density at radius 1 is 1.14 bits per heavy atom. The Morgan fingerprint density at radius 2 is 1.81 bits per heavy atom. The minimum Gasteiger partial charge on any atom is -0.464 e. The molecule has 2 rings (SSSR count). The Labute approximate surface area is 130 Å². The van der Waals surface area contributed by atoms with Gasteiger partial charge in [0.1, 0.15) is 11.4 Å². The molecule has 2 heterocycles. The molecule has 6 nitrogen and oxygen atoms in total. The Hall–Kier alpha value is -2.05. The van der Waals surface area contributed by atoms with E-state index in [2.05, 4.69) is 19.7 Å². The first kappa shape index (κ1) is 15.3. The lowest BCUT2D eigenvalue weighted by Gasteiger charge is -2.07. The van der Waals surface area contributed by atoms with Crippen LogP contribution >= 0.6 is 23.2 Å². The highest BCUT2D eigenvalue weighted by Gasteiger charge is 2.22. The number of aryl methyl sites for hydroxylation is 1. The van der Waals surface area contributed by atoms with Crippen LogP contribution in [0.1, 0.15) is 32.4 Å². The van der Waals surface area contributed by atoms with Gasteiger partial charge in [0.25, 0.3) is 0 Å². The minimum absolute atomic E-state index is 0.0250. The second-order valence-corrected chi connectivity index (χ2v) is 4.75. The Morgan fingerprint density at radius 3 is 2.43 bits per heavy atom. The van der Waals surface area contributed by atoms with E-state index < -0.39 is 11.8 Å². The number of halogens is 2. The van der Waals surface area contributed by atoms with E-state index in [1.165, 1.54) is 25.6 Å². The van der Waals surface area contributed by atoms with E-state index in [4.69, 9.17) is 23.2 Å². The number of rotatable bonds is 3. The summed E-state index contributed by atoms with van der Waals surface area (Å²) in [6.45, 7) is 1.64. The van der Waals surface area contributed by atoms with Crippen LogP contribution in [0.15, 0.2) is 18.5 Å². The molecule has 0 aromatic carbocycles. The van der Waals surface area contributed by atoms with Crippen molar-refractivity contribution in [1.82, 2.24) is 15.0 Å². The highest BCUT2D eigenvalue weighted by atomic mass is 35.5. The van der Waals surface area contributed by atoms with Crippen LogP contribution in [0.3, 0.4) is 0 Å². The van der Waals surface area contributed by atoms with Crippen molar-refractivity contribution in [2.75, 3.05) is 7.11 Å². The summed E-state index contributed by atoms with van der Waals surface area (Å²) in [6, 6.07) is 1.27. The zero-order chi connectivity index (χ0) is 15.6. The number of pyridine rings is 1. The van der Waals surface area contributed by atoms with Crippen LogP contribution in [0.2, 0.25) is 10.0 Å². The molecule has 2 aromatic rings. The predicted molar refractivity (Wildman–Crippen MR) is 75.8 cm³/mol. The van der Waals surface area contributed by atoms with Gasteiger partial charge >= 0.3 is 5.97 Å². The molecule has 0 amide bonds. The monoisotopic (exact) mass is 325 g/mol. The summed E-state index contributed by atoms with van der Waals surface area (Å²) in [4.78, 5) is 35.8. The summed E-state index contributed by atoms with van der Waals surface area (Å²) < 4.78 is 4.55. The molecule has 0 aliphatic rings. The van der Waals surface area contributed by atoms with Gasteiger partial charge in [-0.25, -0.2) is 14.8 Å². The van der Waals surface area contributed by atoms with Gasteiger partial charge in [-0.3, -0.25) is 9.78 Å². The van der Waals surface area contributed by atoms with Crippen molar-refractivity contribution >= 4 is 35.0 Å². The average molecular weight is 326 g/mol. The Bertz CT molecular complexity index is 735. The van der Waals surface area contributed by atoms with Crippen molar-refractivity contribution in [3.8, 4) is 0 Å². The summed E-state index contributed by atoms with van der Waals surface area (Å²) in [5.41, 5.74) is 0.277. The molecule has 0 aliphatic heterocycles. The number of hydrogen-bond acceptors (Lipinski definition) is 6. The predicted octanol–water partition coefficient (Wildman–Crippen LogP) is 2.50. The van der Waals surface area contributed by atoms with Gasteiger partial charge in [-0.1, -0.05) is 23.2 Å². The minimum atomic E-state index is -0.785. The molecule has 0 atom stereocenters. The maximum absolute atomic E-state index is 12.4. The number of esters is 1. The van der Waals surface area contributed by atoms with E-state index in [1.807, 2.05) is 0 Å². The third-order valence-electron chi connectivity index (χ3n) is 2.62. The molecule has 0 N–H and O–H groups in total. The van der Waals surface area contributed by atoms with E-state index in [-0.39, 0.29) is 27.1 Å². The fraction of sp³-hybridized carbons (Fsp3) is 0.154. The number of carbonyl (C=O) groups is 2. The summed E-state index contributed by atoms with van der Waals surface area (Å²) in [5.74, 6) is -1.29. The number of methoxy groups -OCH3 is 1. The number of ether oxygens (including phenoxy) is 1. The van der Waals surface area contributed by atoms with Gasteiger partial charge in [-0.15, -0.1) is 0 Å². The Balaban J connectivity index is 2.55. The van der Waals surface area contributed by atoms with Crippen molar-refractivity contribution in [2.45, 2.75) is 6.92 Å². The molecular weight excluding hydrogens is 317 g/mol. The van der Waals surface area contributed by atoms with Crippen LogP contribution in [0.4, 0.5) is 0 Å². The van der Waals surface area contributed by atoms with Crippen molar-refractivity contribution in [1.29, 1.82) is 0 Å². The van der Waals surface area contributed by atoms with Crippen LogP contribution in [0, 0.1) is 6.92 Å². The molecule has 2 aromatic heterocycles. The lowest BCUT2D eigenvalue weighted by atomic mass is 10.1. The molecule has 8 heteroatoms. The smallest absolute Gasteiger partial charge is 0.358 e. The first-order valence-electron chi connectivity index (χ1n) is 5.72. The first-order valence-corrected chi connectivity index (χ1v) is 6.48. The normalized spacial score (nSPS) is 10.3. The molecule has 0 radical (unpaired) electrons. The van der Waals surface area contributed by atoms with E-state index in [0.717, 1.165) is 0 Å². The third-order valence-corrected chi connectivity index (χ3v) is 3.40. The van der Waals surface area contributed by atoms with Crippen molar-refractivity contribution < 1.29 is 14.3 Å². The first-order chi connectivity index (χ1) is 9.95. The average Bonchev–Trinajstić information content (AvgIpc) is 2.49. The van der Waals surface area contributed by atoms with Crippen molar-refractivity contribution in [2.24, 2.45) is 0 Å². The number of aromatic nitrogens is 3. The van der Waals surface area contributed by atoms with Crippen molar-refractivity contribution in [3.05, 3.63) is 51.3 Å². The molecule has 21 heavy (non-hydrogen) atoms. The van der Waals surface area contributed by atoms with E-state index >= 15 is 0 Å². The SMILES string of the molecule is COC(=O)c1nc(C(=O)c2nccnc2C)cc(Cl)c1Cl. The molecule has 0 unspecified atom stereocenters. The number of carbonyl (C=O) groups excluding carboxylic acids is 2. The van der Waals surface area contributed by atoms with E-state index in [9.17, 15) is 9.59 Å². The van der Waals surface area contributed by atoms with Crippen LogP contribution in [0.25, 0.3) is 0 Å². The van der Waals surface area contributed by atoms with Crippen LogP contribution in [0.5, 0.6) is 0 Å². The highest BCUT2D eigenvalue weighted by molar-refractivity contribution is 6.43. The maximum Gasteiger partial charge on any atom is 0.358 e. The zero-order valence-electron chi connectivity index (χ0n) is 11.1. The molecule has 0 bridgehead atoms. The summed E-state index contributed by atoms with van der Waals surface area (Å²) in [7, 11) is 1.18. The highest BCUT2D eigenvalue weighted by Crippen LogP contribution is 2.26. The number of hydrogen-bond donors (Lipinski definition) is 0. The Kier molecular flexibility index (Phi) is 4.50. The standard InChI is InChI=1S/C13H9Cl2N3O3/c1-6-10(17-4-3-16-6)12(19)8-5-7(14)9(15)11(18-8)13(20)21-2/h3-5H,1-2H3. The van der Waals surface area contributed by atoms with Crippen LogP contribution in [-0.4, -0.2) is 33.8 Å². The van der Waals surface area contributed by atoms with Gasteiger partial charge in [0.05, 0.1) is 22.8 Å². The number of ketones is 1. The number of nitrogens with zero attached hydrogens (tertiary/aromatic N) is 3. The van der Waals surface area contributed by atoms with Crippen LogP contribution < -0.4 is 0 Å². The fourth-order valence-electron chi connectivity index (χ4n) is 1.60. The van der Waals surface area contributed by atoms with Crippen LogP contribution in [-0.2, 0) is 4.74 Å². The van der Waals surface area contributed by atoms with Gasteiger partial charge in [-0.05, 0) is 13.0 Å². The molecule has 0 saturated carbocycles. The molecule has 0 fully saturated rings. The second-order valence-electron chi connectivity index (χ2n) is 3.96. The second kappa shape index (κ2) is 6.15. The molecule has 108 valence electrons. The van der Waals surface area contributed by atoms with Gasteiger partial charge in [-0.2, -0.15) is 0 Å². The summed E-state index contributed by atoms with van der Waals surface area (Å²) in [5, 5.41) is -0.0482. The van der Waals surface area contributed by atoms with Gasteiger partial charge < -0.3 is 4.74 Å². The van der Waals surface area contributed by atoms with Crippen molar-refractivity contribution in [3.63, 3.8) is 0 Å². The topological polar surface area (TPSA) is 82.0 Å². The summed E-state index contributed by atoms with van der Waals surface area (Å²) in [6.07, 6.45) is 2.85. The molecule has 0 spiro atoms. The van der Waals surface area contributed by atoms with Gasteiger partial charge in [0.15, 0.2) is 5.69 Å². The fourth-order valence-corrected chi connectivity index (χ4v) is 1.97. The lowest BCUT2D eigenvalue weighted by molar-refractivity contribution is 0.0594. The quantitative estimate of drug-likeness (QED) is 0.637. The zero-order valence-corrected chi connectivity index (χ0v) is 12.6. The maximum atomic E-state index is 12.4. The van der Waals surface area contributed by atoms with E-state index in [0.29, 0.717) is 5.69 Å². The van der Waals surface area contributed by atoms with Gasteiger partial charge in [0.2, 0.25) is 5.78 Å².